The van der Waals surface area contributed by atoms with Crippen LogP contribution < -0.4 is 10.0 Å². The largest absolute Gasteiger partial charge is 0.417 e. The van der Waals surface area contributed by atoms with Gasteiger partial charge in [-0.15, -0.1) is 0 Å². The summed E-state index contributed by atoms with van der Waals surface area (Å²) in [7, 11) is -3.14. The lowest BCUT2D eigenvalue weighted by molar-refractivity contribution is -0.137. The zero-order chi connectivity index (χ0) is 26.0. The van der Waals surface area contributed by atoms with Gasteiger partial charge in [-0.05, 0) is 35.9 Å². The van der Waals surface area contributed by atoms with Crippen LogP contribution in [-0.4, -0.2) is 32.1 Å². The second-order valence-corrected chi connectivity index (χ2v) is 9.70. The predicted octanol–water partition coefficient (Wildman–Crippen LogP) is 4.73. The van der Waals surface area contributed by atoms with E-state index in [0.29, 0.717) is 11.6 Å². The van der Waals surface area contributed by atoms with Gasteiger partial charge in [-0.1, -0.05) is 41.4 Å². The van der Waals surface area contributed by atoms with Crippen molar-refractivity contribution in [2.24, 2.45) is 0 Å². The van der Waals surface area contributed by atoms with Crippen LogP contribution in [-0.2, 0) is 27.4 Å². The van der Waals surface area contributed by atoms with Crippen LogP contribution in [0.2, 0.25) is 10.0 Å². The maximum Gasteiger partial charge on any atom is 0.417 e. The number of hydrogen-bond donors (Lipinski definition) is 2. The van der Waals surface area contributed by atoms with Gasteiger partial charge in [-0.3, -0.25) is 14.3 Å². The van der Waals surface area contributed by atoms with Crippen LogP contribution in [0.15, 0.2) is 59.6 Å². The number of amides is 1. The van der Waals surface area contributed by atoms with Gasteiger partial charge >= 0.3 is 6.18 Å². The molecule has 0 bridgehead atoms. The highest BCUT2D eigenvalue weighted by Crippen LogP contribution is 2.36. The molecule has 3 aromatic rings. The van der Waals surface area contributed by atoms with Crippen molar-refractivity contribution in [3.05, 3.63) is 87.2 Å². The van der Waals surface area contributed by atoms with Gasteiger partial charge in [0.15, 0.2) is 0 Å². The average molecular weight is 546 g/mol. The number of alkyl halides is 3. The summed E-state index contributed by atoms with van der Waals surface area (Å²) in [5.41, 5.74) is -1.40. The average Bonchev–Trinajstić information content (AvgIpc) is 2.78. The van der Waals surface area contributed by atoms with Crippen molar-refractivity contribution in [3.8, 4) is 0 Å². The number of anilines is 1. The summed E-state index contributed by atoms with van der Waals surface area (Å²) in [6, 6.07) is 9.24. The Bertz CT molecular complexity index is 1410. The fourth-order valence-corrected chi connectivity index (χ4v) is 4.49. The van der Waals surface area contributed by atoms with E-state index in [2.05, 4.69) is 15.0 Å². The molecule has 2 N–H and O–H groups in total. The summed E-state index contributed by atoms with van der Waals surface area (Å²) in [5.74, 6) is -0.987. The molecule has 35 heavy (non-hydrogen) atoms. The molecule has 0 aliphatic carbocycles. The van der Waals surface area contributed by atoms with Crippen molar-refractivity contribution in [3.63, 3.8) is 0 Å². The topological polar surface area (TPSA) is 105 Å². The minimum absolute atomic E-state index is 0.00323. The number of hydrogen-bond acceptors (Lipinski definition) is 5. The van der Waals surface area contributed by atoms with Crippen LogP contribution in [0.3, 0.4) is 0 Å². The molecule has 13 heteroatoms. The fourth-order valence-electron chi connectivity index (χ4n) is 3.02. The van der Waals surface area contributed by atoms with Gasteiger partial charge in [-0.2, -0.15) is 13.2 Å². The molecule has 1 amide bonds. The molecule has 0 saturated carbocycles. The Morgan fingerprint density at radius 1 is 1.06 bits per heavy atom. The first-order valence-corrected chi connectivity index (χ1v) is 11.9. The van der Waals surface area contributed by atoms with Crippen LogP contribution >= 0.6 is 23.2 Å². The second-order valence-electron chi connectivity index (χ2n) is 7.17. The van der Waals surface area contributed by atoms with Gasteiger partial charge in [0.1, 0.15) is 5.69 Å². The summed E-state index contributed by atoms with van der Waals surface area (Å²) in [6.07, 6.45) is -3.77. The smallest absolute Gasteiger partial charge is 0.359 e. The molecule has 1 aromatic heterocycles. The Balaban J connectivity index is 2.00. The number of sulfonamides is 1. The zero-order valence-corrected chi connectivity index (χ0v) is 20.1. The maximum absolute atomic E-state index is 13.2. The molecule has 7 nitrogen and oxygen atoms in total. The molecule has 3 rings (SSSR count). The van der Waals surface area contributed by atoms with Crippen molar-refractivity contribution in [2.75, 3.05) is 11.8 Å². The SMILES string of the molecule is CNC(=O)Cc1cccc(C(=O)c2ncc(Cl)cc2NS(=O)(=O)c2ccc(Cl)c(C(F)(F)F)c2)c1. The van der Waals surface area contributed by atoms with E-state index in [1.807, 2.05) is 0 Å². The normalized spacial score (nSPS) is 11.7. The number of halogens is 5. The van der Waals surface area contributed by atoms with Crippen LogP contribution in [0, 0.1) is 0 Å². The molecule has 0 atom stereocenters. The number of nitrogens with zero attached hydrogens (tertiary/aromatic N) is 1. The van der Waals surface area contributed by atoms with Crippen LogP contribution in [0.4, 0.5) is 18.9 Å². The third-order valence-electron chi connectivity index (χ3n) is 4.70. The summed E-state index contributed by atoms with van der Waals surface area (Å²) >= 11 is 11.5. The summed E-state index contributed by atoms with van der Waals surface area (Å²) in [6.45, 7) is 0. The summed E-state index contributed by atoms with van der Waals surface area (Å²) in [5, 5.41) is 1.76. The number of carbonyl (C=O) groups is 2. The Morgan fingerprint density at radius 3 is 2.43 bits per heavy atom. The molecule has 2 aromatic carbocycles. The molecular weight excluding hydrogens is 530 g/mol. The zero-order valence-electron chi connectivity index (χ0n) is 17.8. The van der Waals surface area contributed by atoms with E-state index in [1.54, 1.807) is 6.07 Å². The molecule has 0 spiro atoms. The van der Waals surface area contributed by atoms with Gasteiger partial charge in [0.2, 0.25) is 11.7 Å². The number of nitrogens with one attached hydrogen (secondary N) is 2. The number of rotatable bonds is 7. The second kappa shape index (κ2) is 10.2. The van der Waals surface area contributed by atoms with E-state index < -0.39 is 37.5 Å². The van der Waals surface area contributed by atoms with Gasteiger partial charge in [-0.25, -0.2) is 13.4 Å². The Hall–Kier alpha value is -3.15. The highest BCUT2D eigenvalue weighted by Gasteiger charge is 2.34. The minimum atomic E-state index is -4.89. The molecule has 184 valence electrons. The van der Waals surface area contributed by atoms with E-state index in [0.717, 1.165) is 24.4 Å². The third kappa shape index (κ3) is 6.30. The van der Waals surface area contributed by atoms with Gasteiger partial charge in [0.25, 0.3) is 10.0 Å². The van der Waals surface area contributed by atoms with E-state index in [4.69, 9.17) is 23.2 Å². The van der Waals surface area contributed by atoms with E-state index in [1.165, 1.54) is 25.2 Å². The lowest BCUT2D eigenvalue weighted by Crippen LogP contribution is -2.20. The van der Waals surface area contributed by atoms with Crippen molar-refractivity contribution in [1.82, 2.24) is 10.3 Å². The van der Waals surface area contributed by atoms with E-state index in [-0.39, 0.29) is 34.3 Å². The quantitative estimate of drug-likeness (QED) is 0.417. The summed E-state index contributed by atoms with van der Waals surface area (Å²) in [4.78, 5) is 28.0. The first kappa shape index (κ1) is 26.5. The number of aromatic nitrogens is 1. The van der Waals surface area contributed by atoms with Crippen LogP contribution in [0.25, 0.3) is 0 Å². The lowest BCUT2D eigenvalue weighted by Gasteiger charge is -2.14. The molecule has 0 fully saturated rings. The van der Waals surface area contributed by atoms with Crippen molar-refractivity contribution in [1.29, 1.82) is 0 Å². The van der Waals surface area contributed by atoms with Crippen LogP contribution in [0.1, 0.15) is 27.2 Å². The van der Waals surface area contributed by atoms with E-state index in [9.17, 15) is 31.2 Å². The number of pyridine rings is 1. The molecule has 0 aliphatic heterocycles. The molecular formula is C22H16Cl2F3N3O4S. The molecule has 0 radical (unpaired) electrons. The molecule has 0 saturated heterocycles. The Morgan fingerprint density at radius 2 is 1.77 bits per heavy atom. The number of benzene rings is 2. The summed E-state index contributed by atoms with van der Waals surface area (Å²) < 4.78 is 67.4. The number of carbonyl (C=O) groups excluding carboxylic acids is 2. The number of ketones is 1. The maximum atomic E-state index is 13.2. The predicted molar refractivity (Wildman–Crippen MR) is 124 cm³/mol. The lowest BCUT2D eigenvalue weighted by atomic mass is 10.0. The Kier molecular flexibility index (Phi) is 7.73. The van der Waals surface area contributed by atoms with Crippen molar-refractivity contribution < 1.29 is 31.2 Å². The standard InChI is InChI=1S/C22H16Cl2F3N3O4S/c1-28-19(31)8-12-3-2-4-13(7-12)21(32)20-18(9-14(23)11-29-20)30-35(33,34)15-5-6-17(24)16(10-15)22(25,26)27/h2-7,9-11,30H,8H2,1H3,(H,28,31). The van der Waals surface area contributed by atoms with Crippen LogP contribution in [0.5, 0.6) is 0 Å². The van der Waals surface area contributed by atoms with Gasteiger partial charge < -0.3 is 5.32 Å². The Labute approximate surface area is 208 Å². The fraction of sp³-hybridized carbons (Fsp3) is 0.136. The highest BCUT2D eigenvalue weighted by atomic mass is 35.5. The molecule has 1 heterocycles. The third-order valence-corrected chi connectivity index (χ3v) is 6.60. The first-order chi connectivity index (χ1) is 16.3. The van der Waals surface area contributed by atoms with E-state index >= 15 is 0 Å². The monoisotopic (exact) mass is 545 g/mol. The van der Waals surface area contributed by atoms with Crippen molar-refractivity contribution >= 4 is 50.6 Å². The molecule has 0 aliphatic rings. The number of likely N-dealkylation sites (N-methyl/N-ethyl adjacent to an activating group) is 1. The minimum Gasteiger partial charge on any atom is -0.359 e. The molecule has 0 unspecified atom stereocenters. The first-order valence-electron chi connectivity index (χ1n) is 9.71. The van der Waals surface area contributed by atoms with Crippen molar-refractivity contribution in [2.45, 2.75) is 17.5 Å². The highest BCUT2D eigenvalue weighted by molar-refractivity contribution is 7.92. The van der Waals surface area contributed by atoms with Gasteiger partial charge in [0.05, 0.1) is 32.6 Å². The van der Waals surface area contributed by atoms with Gasteiger partial charge in [0, 0.05) is 18.8 Å².